The summed E-state index contributed by atoms with van der Waals surface area (Å²) >= 11 is 0. The summed E-state index contributed by atoms with van der Waals surface area (Å²) in [5.74, 6) is -1.22. The Labute approximate surface area is 122 Å². The van der Waals surface area contributed by atoms with E-state index >= 15 is 0 Å². The summed E-state index contributed by atoms with van der Waals surface area (Å²) in [4.78, 5) is 23.6. The Morgan fingerprint density at radius 3 is 1.85 bits per heavy atom. The van der Waals surface area contributed by atoms with Crippen LogP contribution in [0.25, 0.3) is 0 Å². The Bertz CT molecular complexity index is 278. The summed E-state index contributed by atoms with van der Waals surface area (Å²) in [6.45, 7) is 6.53. The molecule has 0 aliphatic carbocycles. The minimum absolute atomic E-state index is 0.113. The van der Waals surface area contributed by atoms with Crippen molar-refractivity contribution in [1.29, 1.82) is 0 Å². The lowest BCUT2D eigenvalue weighted by Crippen LogP contribution is -2.36. The summed E-state index contributed by atoms with van der Waals surface area (Å²) in [7, 11) is 0. The van der Waals surface area contributed by atoms with Crippen molar-refractivity contribution in [2.75, 3.05) is 6.61 Å². The first-order chi connectivity index (χ1) is 9.52. The summed E-state index contributed by atoms with van der Waals surface area (Å²) in [6.07, 6.45) is 6.53. The van der Waals surface area contributed by atoms with Gasteiger partial charge in [0.1, 0.15) is 0 Å². The van der Waals surface area contributed by atoms with Crippen molar-refractivity contribution in [3.8, 4) is 0 Å². The van der Waals surface area contributed by atoms with Gasteiger partial charge < -0.3 is 9.84 Å². The minimum Gasteiger partial charge on any atom is -0.481 e. The normalized spacial score (nSPS) is 11.3. The molecule has 0 aromatic rings. The van der Waals surface area contributed by atoms with Gasteiger partial charge in [-0.1, -0.05) is 52.9 Å². The molecule has 0 rings (SSSR count). The van der Waals surface area contributed by atoms with E-state index in [-0.39, 0.29) is 12.4 Å². The Hall–Kier alpha value is -1.06. The van der Waals surface area contributed by atoms with Crippen molar-refractivity contribution in [2.24, 2.45) is 5.41 Å². The second-order valence-corrected chi connectivity index (χ2v) is 5.55. The molecule has 4 heteroatoms. The highest BCUT2D eigenvalue weighted by Gasteiger charge is 2.40. The third-order valence-corrected chi connectivity index (χ3v) is 3.67. The number of carboxylic acid groups (broad SMARTS) is 1. The van der Waals surface area contributed by atoms with Crippen LogP contribution < -0.4 is 0 Å². The number of carboxylic acids is 1. The maximum Gasteiger partial charge on any atom is 0.312 e. The van der Waals surface area contributed by atoms with Gasteiger partial charge in [0.05, 0.1) is 18.4 Å². The maximum absolute atomic E-state index is 12.4. The van der Waals surface area contributed by atoms with Gasteiger partial charge in [-0.25, -0.2) is 0 Å². The molecular weight excluding hydrogens is 256 g/mol. The lowest BCUT2D eigenvalue weighted by atomic mass is 9.75. The second-order valence-electron chi connectivity index (χ2n) is 5.55. The minimum atomic E-state index is -0.912. The number of unbranched alkanes of at least 4 members (excludes halogenated alkanes) is 3. The van der Waals surface area contributed by atoms with Crippen LogP contribution in [0, 0.1) is 5.41 Å². The van der Waals surface area contributed by atoms with Gasteiger partial charge in [0, 0.05) is 0 Å². The Morgan fingerprint density at radius 1 is 0.950 bits per heavy atom. The molecule has 0 heterocycles. The van der Waals surface area contributed by atoms with Gasteiger partial charge in [-0.2, -0.15) is 0 Å². The quantitative estimate of drug-likeness (QED) is 0.432. The monoisotopic (exact) mass is 286 g/mol. The van der Waals surface area contributed by atoms with Gasteiger partial charge in [0.25, 0.3) is 0 Å². The third-order valence-electron chi connectivity index (χ3n) is 3.67. The molecule has 118 valence electrons. The molecule has 0 unspecified atom stereocenters. The van der Waals surface area contributed by atoms with E-state index in [1.165, 1.54) is 0 Å². The van der Waals surface area contributed by atoms with E-state index in [1.807, 2.05) is 20.8 Å². The van der Waals surface area contributed by atoms with Crippen molar-refractivity contribution in [1.82, 2.24) is 0 Å². The number of carbonyl (C=O) groups excluding carboxylic acids is 1. The molecule has 0 amide bonds. The molecule has 0 saturated heterocycles. The Morgan fingerprint density at radius 2 is 1.45 bits per heavy atom. The fraction of sp³-hybridized carbons (Fsp3) is 0.875. The highest BCUT2D eigenvalue weighted by Crippen LogP contribution is 2.36. The summed E-state index contributed by atoms with van der Waals surface area (Å²) in [5.41, 5.74) is -0.828. The highest BCUT2D eigenvalue weighted by atomic mass is 16.5. The van der Waals surface area contributed by atoms with Crippen molar-refractivity contribution in [2.45, 2.75) is 78.6 Å². The second kappa shape index (κ2) is 10.7. The molecule has 0 aliphatic rings. The number of aliphatic carboxylic acids is 1. The molecule has 20 heavy (non-hydrogen) atoms. The van der Waals surface area contributed by atoms with E-state index < -0.39 is 11.4 Å². The first-order valence-corrected chi connectivity index (χ1v) is 7.91. The summed E-state index contributed by atoms with van der Waals surface area (Å²) in [5, 5.41) is 9.16. The molecule has 0 fully saturated rings. The smallest absolute Gasteiger partial charge is 0.312 e. The number of hydrogen-bond acceptors (Lipinski definition) is 3. The van der Waals surface area contributed by atoms with Gasteiger partial charge in [-0.15, -0.1) is 0 Å². The topological polar surface area (TPSA) is 63.6 Å². The van der Waals surface area contributed by atoms with E-state index in [0.29, 0.717) is 19.4 Å². The molecule has 1 N–H and O–H groups in total. The average Bonchev–Trinajstić information content (AvgIpc) is 2.41. The average molecular weight is 286 g/mol. The predicted octanol–water partition coefficient (Wildman–Crippen LogP) is 4.17. The van der Waals surface area contributed by atoms with Crippen LogP contribution in [-0.2, 0) is 14.3 Å². The van der Waals surface area contributed by atoms with Crippen LogP contribution in [0.3, 0.4) is 0 Å². The third kappa shape index (κ3) is 6.92. The molecule has 4 nitrogen and oxygen atoms in total. The SMILES string of the molecule is CCCCOC(=O)C(CCCC)(CCCC)CC(=O)O. The van der Waals surface area contributed by atoms with E-state index in [9.17, 15) is 9.59 Å². The van der Waals surface area contributed by atoms with Crippen molar-refractivity contribution >= 4 is 11.9 Å². The van der Waals surface area contributed by atoms with Crippen molar-refractivity contribution in [3.05, 3.63) is 0 Å². The lowest BCUT2D eigenvalue weighted by molar-refractivity contribution is -0.162. The zero-order chi connectivity index (χ0) is 15.4. The molecule has 0 spiro atoms. The van der Waals surface area contributed by atoms with Gasteiger partial charge >= 0.3 is 11.9 Å². The molecule has 0 bridgehead atoms. The molecule has 0 atom stereocenters. The first-order valence-electron chi connectivity index (χ1n) is 7.91. The molecular formula is C16H30O4. The summed E-state index contributed by atoms with van der Waals surface area (Å²) in [6, 6.07) is 0. The van der Waals surface area contributed by atoms with Crippen LogP contribution in [0.15, 0.2) is 0 Å². The molecule has 0 aromatic heterocycles. The van der Waals surface area contributed by atoms with E-state index in [4.69, 9.17) is 9.84 Å². The largest absolute Gasteiger partial charge is 0.481 e. The summed E-state index contributed by atoms with van der Waals surface area (Å²) < 4.78 is 5.34. The van der Waals surface area contributed by atoms with Gasteiger partial charge in [-0.3, -0.25) is 9.59 Å². The zero-order valence-corrected chi connectivity index (χ0v) is 13.2. The number of hydrogen-bond donors (Lipinski definition) is 1. The Kier molecular flexibility index (Phi) is 10.1. The maximum atomic E-state index is 12.4. The fourth-order valence-electron chi connectivity index (χ4n) is 2.36. The fourth-order valence-corrected chi connectivity index (χ4v) is 2.36. The number of carbonyl (C=O) groups is 2. The van der Waals surface area contributed by atoms with Crippen LogP contribution >= 0.6 is 0 Å². The van der Waals surface area contributed by atoms with Crippen LogP contribution in [-0.4, -0.2) is 23.7 Å². The zero-order valence-electron chi connectivity index (χ0n) is 13.2. The molecule has 0 saturated carbocycles. The lowest BCUT2D eigenvalue weighted by Gasteiger charge is -2.30. The number of ether oxygens (including phenoxy) is 1. The predicted molar refractivity (Wildman–Crippen MR) is 79.6 cm³/mol. The highest BCUT2D eigenvalue weighted by molar-refractivity contribution is 5.82. The van der Waals surface area contributed by atoms with E-state index in [0.717, 1.165) is 38.5 Å². The van der Waals surface area contributed by atoms with Crippen molar-refractivity contribution < 1.29 is 19.4 Å². The van der Waals surface area contributed by atoms with Crippen LogP contribution in [0.4, 0.5) is 0 Å². The van der Waals surface area contributed by atoms with Crippen LogP contribution in [0.5, 0.6) is 0 Å². The number of esters is 1. The van der Waals surface area contributed by atoms with Gasteiger partial charge in [0.15, 0.2) is 0 Å². The molecule has 0 aromatic carbocycles. The Balaban J connectivity index is 4.91. The van der Waals surface area contributed by atoms with E-state index in [2.05, 4.69) is 0 Å². The first kappa shape index (κ1) is 18.9. The van der Waals surface area contributed by atoms with Gasteiger partial charge in [0.2, 0.25) is 0 Å². The van der Waals surface area contributed by atoms with Gasteiger partial charge in [-0.05, 0) is 19.3 Å². The van der Waals surface area contributed by atoms with Crippen LogP contribution in [0.2, 0.25) is 0 Å². The standard InChI is InChI=1S/C16H30O4/c1-4-7-10-16(11-8-5-2,13-14(17)18)15(19)20-12-9-6-3/h4-13H2,1-3H3,(H,17,18). The molecule has 0 aliphatic heterocycles. The molecule has 0 radical (unpaired) electrons. The number of rotatable bonds is 12. The van der Waals surface area contributed by atoms with Crippen LogP contribution in [0.1, 0.15) is 78.6 Å². The van der Waals surface area contributed by atoms with Crippen molar-refractivity contribution in [3.63, 3.8) is 0 Å². The van der Waals surface area contributed by atoms with E-state index in [1.54, 1.807) is 0 Å².